The molecule has 0 atom stereocenters. The summed E-state index contributed by atoms with van der Waals surface area (Å²) in [6.07, 6.45) is 2.32. The van der Waals surface area contributed by atoms with Crippen molar-refractivity contribution >= 4 is 16.7 Å². The van der Waals surface area contributed by atoms with E-state index in [2.05, 4.69) is 23.7 Å². The second-order valence-corrected chi connectivity index (χ2v) is 4.58. The van der Waals surface area contributed by atoms with Crippen molar-refractivity contribution in [2.75, 3.05) is 19.6 Å². The Morgan fingerprint density at radius 2 is 1.95 bits per heavy atom. The van der Waals surface area contributed by atoms with Crippen LogP contribution in [-0.4, -0.2) is 35.3 Å². The third-order valence-electron chi connectivity index (χ3n) is 3.50. The fourth-order valence-electron chi connectivity index (χ4n) is 2.28. The molecule has 0 unspecified atom stereocenters. The van der Waals surface area contributed by atoms with E-state index < -0.39 is 0 Å². The van der Waals surface area contributed by atoms with Crippen LogP contribution in [0.15, 0.2) is 36.5 Å². The van der Waals surface area contributed by atoms with Crippen molar-refractivity contribution in [3.8, 4) is 0 Å². The van der Waals surface area contributed by atoms with E-state index in [1.165, 1.54) is 0 Å². The molecule has 2 aromatic rings. The maximum Gasteiger partial charge on any atom is 0.164 e. The Morgan fingerprint density at radius 3 is 2.68 bits per heavy atom. The molecule has 1 aromatic heterocycles. The zero-order valence-electron chi connectivity index (χ0n) is 11.6. The van der Waals surface area contributed by atoms with Crippen LogP contribution in [0, 0.1) is 0 Å². The van der Waals surface area contributed by atoms with Gasteiger partial charge in [0.05, 0.1) is 5.52 Å². The number of carbonyl (C=O) groups excluding carboxylic acids is 1. The summed E-state index contributed by atoms with van der Waals surface area (Å²) >= 11 is 0. The summed E-state index contributed by atoms with van der Waals surface area (Å²) in [7, 11) is 0. The van der Waals surface area contributed by atoms with Crippen molar-refractivity contribution < 1.29 is 4.79 Å². The summed E-state index contributed by atoms with van der Waals surface area (Å²) in [5.41, 5.74) is 1.67. The van der Waals surface area contributed by atoms with Gasteiger partial charge in [-0.2, -0.15) is 0 Å². The van der Waals surface area contributed by atoms with E-state index in [-0.39, 0.29) is 5.78 Å². The van der Waals surface area contributed by atoms with Crippen LogP contribution in [-0.2, 0) is 0 Å². The highest BCUT2D eigenvalue weighted by molar-refractivity contribution is 6.07. The van der Waals surface area contributed by atoms with Crippen LogP contribution < -0.4 is 0 Å². The van der Waals surface area contributed by atoms with Crippen molar-refractivity contribution in [1.82, 2.24) is 9.88 Å². The number of fused-ring (bicyclic) bond motifs is 1. The Kier molecular flexibility index (Phi) is 4.63. The Hall–Kier alpha value is -1.74. The third kappa shape index (κ3) is 3.18. The van der Waals surface area contributed by atoms with E-state index in [0.29, 0.717) is 6.42 Å². The Balaban J connectivity index is 2.17. The second-order valence-electron chi connectivity index (χ2n) is 4.58. The smallest absolute Gasteiger partial charge is 0.164 e. The van der Waals surface area contributed by atoms with Crippen LogP contribution in [0.4, 0.5) is 0 Å². The minimum absolute atomic E-state index is 0.200. The molecule has 0 amide bonds. The number of aromatic nitrogens is 1. The first-order valence-electron chi connectivity index (χ1n) is 6.85. The normalized spacial score (nSPS) is 11.1. The Bertz CT molecular complexity index is 556. The summed E-state index contributed by atoms with van der Waals surface area (Å²) in [6.45, 7) is 7.04. The molecule has 3 nitrogen and oxygen atoms in total. The molecule has 0 N–H and O–H groups in total. The van der Waals surface area contributed by atoms with Crippen LogP contribution in [0.25, 0.3) is 10.9 Å². The van der Waals surface area contributed by atoms with Crippen molar-refractivity contribution in [2.45, 2.75) is 20.3 Å². The van der Waals surface area contributed by atoms with Gasteiger partial charge < -0.3 is 4.90 Å². The first kappa shape index (κ1) is 13.7. The number of ketones is 1. The number of carbonyl (C=O) groups is 1. The van der Waals surface area contributed by atoms with Gasteiger partial charge in [0, 0.05) is 30.1 Å². The molecule has 0 aliphatic carbocycles. The van der Waals surface area contributed by atoms with Gasteiger partial charge in [0.15, 0.2) is 5.78 Å². The summed E-state index contributed by atoms with van der Waals surface area (Å²) in [5, 5.41) is 0.953. The number of rotatable bonds is 6. The molecule has 2 rings (SSSR count). The van der Waals surface area contributed by atoms with Gasteiger partial charge in [-0.15, -0.1) is 0 Å². The molecule has 0 saturated heterocycles. The lowest BCUT2D eigenvalue weighted by Crippen LogP contribution is -2.25. The lowest BCUT2D eigenvalue weighted by Gasteiger charge is -2.17. The van der Waals surface area contributed by atoms with Crippen molar-refractivity contribution in [2.24, 2.45) is 0 Å². The van der Waals surface area contributed by atoms with Crippen LogP contribution in [0.5, 0.6) is 0 Å². The second kappa shape index (κ2) is 6.43. The van der Waals surface area contributed by atoms with Crippen LogP contribution >= 0.6 is 0 Å². The minimum atomic E-state index is 0.200. The van der Waals surface area contributed by atoms with Crippen molar-refractivity contribution in [1.29, 1.82) is 0 Å². The molecule has 0 bridgehead atoms. The third-order valence-corrected chi connectivity index (χ3v) is 3.50. The van der Waals surface area contributed by atoms with Gasteiger partial charge >= 0.3 is 0 Å². The van der Waals surface area contributed by atoms with Gasteiger partial charge in [0.2, 0.25) is 0 Å². The highest BCUT2D eigenvalue weighted by atomic mass is 16.1. The number of pyridine rings is 1. The molecule has 0 fully saturated rings. The average Bonchev–Trinajstić information content (AvgIpc) is 2.47. The standard InChI is InChI=1S/C16H20N2O/c1-3-18(4-2)12-10-16(19)14-7-5-9-15-13(14)8-6-11-17-15/h5-9,11H,3-4,10,12H2,1-2H3. The molecule has 19 heavy (non-hydrogen) atoms. The van der Waals surface area contributed by atoms with E-state index in [0.717, 1.165) is 36.1 Å². The first-order valence-corrected chi connectivity index (χ1v) is 6.85. The maximum absolute atomic E-state index is 12.3. The lowest BCUT2D eigenvalue weighted by atomic mass is 10.0. The van der Waals surface area contributed by atoms with Gasteiger partial charge in [-0.05, 0) is 25.2 Å². The molecule has 0 spiro atoms. The highest BCUT2D eigenvalue weighted by Gasteiger charge is 2.11. The van der Waals surface area contributed by atoms with Crippen molar-refractivity contribution in [3.05, 3.63) is 42.1 Å². The van der Waals surface area contributed by atoms with Crippen LogP contribution in [0.3, 0.4) is 0 Å². The number of hydrogen-bond acceptors (Lipinski definition) is 3. The minimum Gasteiger partial charge on any atom is -0.303 e. The summed E-state index contributed by atoms with van der Waals surface area (Å²) in [5.74, 6) is 0.200. The topological polar surface area (TPSA) is 33.2 Å². The first-order chi connectivity index (χ1) is 9.26. The van der Waals surface area contributed by atoms with Gasteiger partial charge in [0.25, 0.3) is 0 Å². The fourth-order valence-corrected chi connectivity index (χ4v) is 2.28. The summed E-state index contributed by atoms with van der Waals surface area (Å²) in [4.78, 5) is 18.9. The van der Waals surface area contributed by atoms with Crippen LogP contribution in [0.1, 0.15) is 30.6 Å². The van der Waals surface area contributed by atoms with E-state index >= 15 is 0 Å². The lowest BCUT2D eigenvalue weighted by molar-refractivity contribution is 0.0968. The van der Waals surface area contributed by atoms with Gasteiger partial charge in [-0.3, -0.25) is 9.78 Å². The number of nitrogens with zero attached hydrogens (tertiary/aromatic N) is 2. The molecule has 1 aromatic carbocycles. The largest absolute Gasteiger partial charge is 0.303 e. The Labute approximate surface area is 114 Å². The van der Waals surface area contributed by atoms with Gasteiger partial charge in [-0.1, -0.05) is 32.0 Å². The fraction of sp³-hybridized carbons (Fsp3) is 0.375. The monoisotopic (exact) mass is 256 g/mol. The SMILES string of the molecule is CCN(CC)CCC(=O)c1cccc2ncccc12. The quantitative estimate of drug-likeness (QED) is 0.744. The predicted octanol–water partition coefficient (Wildman–Crippen LogP) is 3.15. The molecule has 3 heteroatoms. The summed E-state index contributed by atoms with van der Waals surface area (Å²) in [6, 6.07) is 9.58. The molecule has 0 radical (unpaired) electrons. The number of hydrogen-bond donors (Lipinski definition) is 0. The molecule has 0 saturated carbocycles. The maximum atomic E-state index is 12.3. The highest BCUT2D eigenvalue weighted by Crippen LogP contribution is 2.18. The predicted molar refractivity (Wildman–Crippen MR) is 78.5 cm³/mol. The number of benzene rings is 1. The van der Waals surface area contributed by atoms with E-state index in [9.17, 15) is 4.79 Å². The zero-order chi connectivity index (χ0) is 13.7. The van der Waals surface area contributed by atoms with E-state index in [1.807, 2.05) is 30.3 Å². The van der Waals surface area contributed by atoms with E-state index in [4.69, 9.17) is 0 Å². The molecular weight excluding hydrogens is 236 g/mol. The Morgan fingerprint density at radius 1 is 1.16 bits per heavy atom. The summed E-state index contributed by atoms with van der Waals surface area (Å²) < 4.78 is 0. The average molecular weight is 256 g/mol. The molecule has 100 valence electrons. The molecular formula is C16H20N2O. The molecule has 0 aliphatic rings. The van der Waals surface area contributed by atoms with Gasteiger partial charge in [-0.25, -0.2) is 0 Å². The van der Waals surface area contributed by atoms with Gasteiger partial charge in [0.1, 0.15) is 0 Å². The van der Waals surface area contributed by atoms with E-state index in [1.54, 1.807) is 6.20 Å². The van der Waals surface area contributed by atoms with Crippen LogP contribution in [0.2, 0.25) is 0 Å². The van der Waals surface area contributed by atoms with Crippen molar-refractivity contribution in [3.63, 3.8) is 0 Å². The molecule has 0 aliphatic heterocycles. The zero-order valence-corrected chi connectivity index (χ0v) is 11.6. The molecule has 1 heterocycles. The number of Topliss-reactive ketones (excluding diaryl/α,β-unsaturated/α-hetero) is 1.